The van der Waals surface area contributed by atoms with Gasteiger partial charge in [-0.1, -0.05) is 18.2 Å². The fourth-order valence-electron chi connectivity index (χ4n) is 2.61. The van der Waals surface area contributed by atoms with Crippen LogP contribution in [0.3, 0.4) is 0 Å². The molecule has 0 radical (unpaired) electrons. The Bertz CT molecular complexity index is 860. The monoisotopic (exact) mass is 330 g/mol. The summed E-state index contributed by atoms with van der Waals surface area (Å²) in [6.07, 6.45) is 1.85. The van der Waals surface area contributed by atoms with Crippen molar-refractivity contribution < 1.29 is 13.2 Å². The summed E-state index contributed by atoms with van der Waals surface area (Å²) in [7, 11) is -3.66. The molecular weight excluding hydrogens is 312 g/mol. The van der Waals surface area contributed by atoms with Crippen molar-refractivity contribution in [1.29, 1.82) is 0 Å². The van der Waals surface area contributed by atoms with Crippen LogP contribution in [0, 0.1) is 6.92 Å². The van der Waals surface area contributed by atoms with Crippen LogP contribution in [-0.2, 0) is 21.2 Å². The largest absolute Gasteiger partial charge is 0.326 e. The number of carbonyl (C=O) groups is 1. The first kappa shape index (κ1) is 15.6. The summed E-state index contributed by atoms with van der Waals surface area (Å²) in [6, 6.07) is 12.0. The molecule has 0 saturated carbocycles. The Balaban J connectivity index is 1.93. The first-order valence-corrected chi connectivity index (χ1v) is 8.95. The van der Waals surface area contributed by atoms with Crippen molar-refractivity contribution in [1.82, 2.24) is 0 Å². The molecule has 1 aliphatic heterocycles. The number of hydrogen-bond donors (Lipinski definition) is 2. The van der Waals surface area contributed by atoms with Gasteiger partial charge in [0.05, 0.1) is 10.6 Å². The van der Waals surface area contributed by atoms with Crippen LogP contribution in [0.4, 0.5) is 11.4 Å². The van der Waals surface area contributed by atoms with E-state index >= 15 is 0 Å². The van der Waals surface area contributed by atoms with Gasteiger partial charge in [0.25, 0.3) is 10.0 Å². The van der Waals surface area contributed by atoms with Crippen molar-refractivity contribution in [3.63, 3.8) is 0 Å². The van der Waals surface area contributed by atoms with Crippen molar-refractivity contribution in [3.8, 4) is 0 Å². The molecule has 23 heavy (non-hydrogen) atoms. The van der Waals surface area contributed by atoms with Crippen LogP contribution in [0.1, 0.15) is 24.0 Å². The highest BCUT2D eigenvalue weighted by molar-refractivity contribution is 7.92. The van der Waals surface area contributed by atoms with Crippen LogP contribution in [0.25, 0.3) is 0 Å². The van der Waals surface area contributed by atoms with Gasteiger partial charge in [-0.2, -0.15) is 0 Å². The standard InChI is InChI=1S/C17H18N2O3S/c1-12-5-2-3-7-15(12)19-23(21,22)14-9-10-16-13(11-14)6-4-8-17(20)18-16/h2-3,5,7,9-11,19H,4,6,8H2,1H3,(H,18,20). The van der Waals surface area contributed by atoms with E-state index in [0.717, 1.165) is 11.1 Å². The highest BCUT2D eigenvalue weighted by atomic mass is 32.2. The lowest BCUT2D eigenvalue weighted by atomic mass is 10.1. The second kappa shape index (κ2) is 6.04. The molecule has 1 amide bonds. The van der Waals surface area contributed by atoms with E-state index in [9.17, 15) is 13.2 Å². The Labute approximate surface area is 135 Å². The van der Waals surface area contributed by atoms with Crippen LogP contribution in [0.2, 0.25) is 0 Å². The fourth-order valence-corrected chi connectivity index (χ4v) is 3.79. The number of hydrogen-bond acceptors (Lipinski definition) is 3. The topological polar surface area (TPSA) is 75.3 Å². The third kappa shape index (κ3) is 3.37. The van der Waals surface area contributed by atoms with Gasteiger partial charge >= 0.3 is 0 Å². The first-order valence-electron chi connectivity index (χ1n) is 7.47. The third-order valence-electron chi connectivity index (χ3n) is 3.90. The Kier molecular flexibility index (Phi) is 4.09. The average molecular weight is 330 g/mol. The summed E-state index contributed by atoms with van der Waals surface area (Å²) < 4.78 is 27.8. The number of carbonyl (C=O) groups excluding carboxylic acids is 1. The molecule has 0 aromatic heterocycles. The van der Waals surface area contributed by atoms with Crippen LogP contribution in [0.15, 0.2) is 47.4 Å². The number of rotatable bonds is 3. The Morgan fingerprint density at radius 1 is 1.09 bits per heavy atom. The van der Waals surface area contributed by atoms with Gasteiger partial charge in [0.2, 0.25) is 5.91 Å². The van der Waals surface area contributed by atoms with Crippen molar-refractivity contribution in [2.45, 2.75) is 31.1 Å². The summed E-state index contributed by atoms with van der Waals surface area (Å²) in [5.74, 6) is -0.0302. The zero-order chi connectivity index (χ0) is 16.4. The maximum absolute atomic E-state index is 12.6. The summed E-state index contributed by atoms with van der Waals surface area (Å²) in [6.45, 7) is 1.85. The molecule has 0 atom stereocenters. The van der Waals surface area contributed by atoms with Crippen molar-refractivity contribution in [2.24, 2.45) is 0 Å². The van der Waals surface area contributed by atoms with E-state index in [1.165, 1.54) is 6.07 Å². The average Bonchev–Trinajstić information content (AvgIpc) is 2.69. The Hall–Kier alpha value is -2.34. The summed E-state index contributed by atoms with van der Waals surface area (Å²) >= 11 is 0. The molecule has 1 heterocycles. The number of anilines is 2. The molecule has 6 heteroatoms. The second-order valence-corrected chi connectivity index (χ2v) is 7.32. The summed E-state index contributed by atoms with van der Waals surface area (Å²) in [5, 5.41) is 2.81. The minimum Gasteiger partial charge on any atom is -0.326 e. The van der Waals surface area contributed by atoms with Crippen LogP contribution in [0.5, 0.6) is 0 Å². The number of benzene rings is 2. The van der Waals surface area contributed by atoms with Gasteiger partial charge in [0.1, 0.15) is 0 Å². The SMILES string of the molecule is Cc1ccccc1NS(=O)(=O)c1ccc2c(c1)CCCC(=O)N2. The summed E-state index contributed by atoms with van der Waals surface area (Å²) in [4.78, 5) is 11.8. The lowest BCUT2D eigenvalue weighted by Crippen LogP contribution is -2.14. The number of nitrogens with one attached hydrogen (secondary N) is 2. The van der Waals surface area contributed by atoms with E-state index in [-0.39, 0.29) is 10.8 Å². The highest BCUT2D eigenvalue weighted by Gasteiger charge is 2.19. The molecule has 0 spiro atoms. The van der Waals surface area contributed by atoms with Crippen LogP contribution in [-0.4, -0.2) is 14.3 Å². The van der Waals surface area contributed by atoms with Crippen LogP contribution >= 0.6 is 0 Å². The molecule has 0 aliphatic carbocycles. The normalized spacial score (nSPS) is 14.6. The number of amides is 1. The number of para-hydroxylation sites is 1. The zero-order valence-electron chi connectivity index (χ0n) is 12.8. The van der Waals surface area contributed by atoms with E-state index in [4.69, 9.17) is 0 Å². The molecule has 3 rings (SSSR count). The summed E-state index contributed by atoms with van der Waals surface area (Å²) in [5.41, 5.74) is 2.97. The van der Waals surface area contributed by atoms with E-state index in [2.05, 4.69) is 10.0 Å². The molecule has 0 fully saturated rings. The molecule has 1 aliphatic rings. The molecule has 0 bridgehead atoms. The molecule has 0 unspecified atom stereocenters. The lowest BCUT2D eigenvalue weighted by molar-refractivity contribution is -0.116. The maximum atomic E-state index is 12.6. The predicted octanol–water partition coefficient (Wildman–Crippen LogP) is 3.07. The quantitative estimate of drug-likeness (QED) is 0.908. The number of aryl methyl sites for hydroxylation is 2. The fraction of sp³-hybridized carbons (Fsp3) is 0.235. The molecule has 0 saturated heterocycles. The minimum absolute atomic E-state index is 0.0302. The molecule has 2 N–H and O–H groups in total. The van der Waals surface area contributed by atoms with Crippen molar-refractivity contribution >= 4 is 27.3 Å². The van der Waals surface area contributed by atoms with E-state index in [0.29, 0.717) is 30.6 Å². The smallest absolute Gasteiger partial charge is 0.261 e. The van der Waals surface area contributed by atoms with Gasteiger partial charge in [-0.25, -0.2) is 8.42 Å². The highest BCUT2D eigenvalue weighted by Crippen LogP contribution is 2.26. The van der Waals surface area contributed by atoms with Gasteiger partial charge in [0, 0.05) is 12.1 Å². The van der Waals surface area contributed by atoms with E-state index < -0.39 is 10.0 Å². The van der Waals surface area contributed by atoms with Crippen molar-refractivity contribution in [2.75, 3.05) is 10.0 Å². The number of sulfonamides is 1. The van der Waals surface area contributed by atoms with E-state index in [1.54, 1.807) is 24.3 Å². The molecule has 5 nitrogen and oxygen atoms in total. The third-order valence-corrected chi connectivity index (χ3v) is 5.26. The molecule has 120 valence electrons. The second-order valence-electron chi connectivity index (χ2n) is 5.64. The first-order chi connectivity index (χ1) is 11.0. The van der Waals surface area contributed by atoms with Gasteiger partial charge in [-0.15, -0.1) is 0 Å². The van der Waals surface area contributed by atoms with Gasteiger partial charge in [0.15, 0.2) is 0 Å². The maximum Gasteiger partial charge on any atom is 0.261 e. The lowest BCUT2D eigenvalue weighted by Gasteiger charge is -2.13. The molecule has 2 aromatic carbocycles. The predicted molar refractivity (Wildman–Crippen MR) is 90.0 cm³/mol. The molecule has 2 aromatic rings. The Morgan fingerprint density at radius 3 is 2.65 bits per heavy atom. The number of fused-ring (bicyclic) bond motifs is 1. The van der Waals surface area contributed by atoms with Gasteiger partial charge in [-0.3, -0.25) is 9.52 Å². The van der Waals surface area contributed by atoms with E-state index in [1.807, 2.05) is 19.1 Å². The van der Waals surface area contributed by atoms with Gasteiger partial charge < -0.3 is 5.32 Å². The zero-order valence-corrected chi connectivity index (χ0v) is 13.6. The Morgan fingerprint density at radius 2 is 1.87 bits per heavy atom. The van der Waals surface area contributed by atoms with Crippen molar-refractivity contribution in [3.05, 3.63) is 53.6 Å². The minimum atomic E-state index is -3.66. The van der Waals surface area contributed by atoms with Gasteiger partial charge in [-0.05, 0) is 55.2 Å². The van der Waals surface area contributed by atoms with Crippen LogP contribution < -0.4 is 10.0 Å². The molecular formula is C17H18N2O3S.